The summed E-state index contributed by atoms with van der Waals surface area (Å²) < 4.78 is 10.8. The van der Waals surface area contributed by atoms with Gasteiger partial charge in [-0.25, -0.2) is 9.78 Å². The Bertz CT molecular complexity index is 1310. The van der Waals surface area contributed by atoms with Crippen LogP contribution in [0.15, 0.2) is 24.3 Å². The highest BCUT2D eigenvalue weighted by Gasteiger charge is 2.57. The topological polar surface area (TPSA) is 96.6 Å². The molecule has 0 bridgehead atoms. The van der Waals surface area contributed by atoms with Crippen molar-refractivity contribution in [1.82, 2.24) is 15.3 Å². The molecule has 1 amide bonds. The number of anilines is 1. The molecule has 3 heterocycles. The summed E-state index contributed by atoms with van der Waals surface area (Å²) >= 11 is 13.7. The second-order valence-corrected chi connectivity index (χ2v) is 11.0. The molecular formula is C26H28Cl2N4O4S. The number of rotatable bonds is 9. The van der Waals surface area contributed by atoms with Gasteiger partial charge in [-0.3, -0.25) is 4.79 Å². The molecule has 1 aliphatic carbocycles. The molecule has 5 rings (SSSR count). The number of carbonyl (C=O) groups is 2. The van der Waals surface area contributed by atoms with Gasteiger partial charge >= 0.3 is 5.97 Å². The minimum atomic E-state index is -0.349. The number of piperidine rings is 1. The molecule has 3 aromatic rings. The molecule has 2 aliphatic rings. The van der Waals surface area contributed by atoms with Gasteiger partial charge < -0.3 is 24.7 Å². The number of thiazole rings is 1. The number of ether oxygens (including phenoxy) is 2. The van der Waals surface area contributed by atoms with Gasteiger partial charge in [0, 0.05) is 43.1 Å². The van der Waals surface area contributed by atoms with Crippen LogP contribution in [-0.4, -0.2) is 54.2 Å². The van der Waals surface area contributed by atoms with E-state index in [2.05, 4.69) is 15.2 Å². The number of amides is 1. The first-order chi connectivity index (χ1) is 17.8. The number of aryl methyl sites for hydroxylation is 1. The Morgan fingerprint density at radius 1 is 1.14 bits per heavy atom. The van der Waals surface area contributed by atoms with E-state index in [-0.39, 0.29) is 22.9 Å². The number of hydrogen-bond donors (Lipinski definition) is 2. The van der Waals surface area contributed by atoms with Gasteiger partial charge in [0.1, 0.15) is 16.3 Å². The van der Waals surface area contributed by atoms with Gasteiger partial charge in [0.2, 0.25) is 0 Å². The van der Waals surface area contributed by atoms with Gasteiger partial charge in [-0.15, -0.1) is 0 Å². The first kappa shape index (κ1) is 25.9. The zero-order valence-electron chi connectivity index (χ0n) is 20.8. The highest BCUT2D eigenvalue weighted by Crippen LogP contribution is 2.48. The lowest BCUT2D eigenvalue weighted by Crippen LogP contribution is -2.34. The van der Waals surface area contributed by atoms with Gasteiger partial charge in [-0.1, -0.05) is 46.7 Å². The van der Waals surface area contributed by atoms with Gasteiger partial charge in [0.15, 0.2) is 5.13 Å². The molecule has 37 heavy (non-hydrogen) atoms. The van der Waals surface area contributed by atoms with Crippen molar-refractivity contribution >= 4 is 51.5 Å². The maximum Gasteiger partial charge on any atom is 0.350 e. The monoisotopic (exact) mass is 562 g/mol. The first-order valence-electron chi connectivity index (χ1n) is 12.3. The number of fused-ring (bicyclic) bond motifs is 1. The summed E-state index contributed by atoms with van der Waals surface area (Å²) in [5, 5.41) is 4.50. The highest BCUT2D eigenvalue weighted by molar-refractivity contribution is 7.17. The van der Waals surface area contributed by atoms with E-state index < -0.39 is 0 Å². The number of nitrogens with zero attached hydrogens (tertiary/aromatic N) is 2. The van der Waals surface area contributed by atoms with Gasteiger partial charge in [0.25, 0.3) is 5.91 Å². The Hall–Kier alpha value is -2.75. The first-order valence-corrected chi connectivity index (χ1v) is 13.9. The van der Waals surface area contributed by atoms with Crippen LogP contribution < -0.4 is 15.0 Å². The second kappa shape index (κ2) is 10.6. The summed E-state index contributed by atoms with van der Waals surface area (Å²) in [5.74, 6) is 0.851. The minimum Gasteiger partial charge on any atom is -0.494 e. The average molecular weight is 564 g/mol. The lowest BCUT2D eigenvalue weighted by Gasteiger charge is -2.19. The fraction of sp³-hybridized carbons (Fsp3) is 0.423. The van der Waals surface area contributed by atoms with Crippen LogP contribution in [0, 0.1) is 18.8 Å². The van der Waals surface area contributed by atoms with Crippen molar-refractivity contribution in [2.45, 2.75) is 33.2 Å². The summed E-state index contributed by atoms with van der Waals surface area (Å²) in [5.41, 5.74) is 2.71. The van der Waals surface area contributed by atoms with Crippen LogP contribution in [-0.2, 0) is 11.2 Å². The molecule has 0 spiro atoms. The Labute approximate surface area is 229 Å². The van der Waals surface area contributed by atoms with Crippen molar-refractivity contribution < 1.29 is 19.1 Å². The van der Waals surface area contributed by atoms with Crippen molar-refractivity contribution in [1.29, 1.82) is 0 Å². The Morgan fingerprint density at radius 2 is 1.84 bits per heavy atom. The molecule has 2 aromatic heterocycles. The number of halogens is 2. The third-order valence-corrected chi connectivity index (χ3v) is 8.88. The summed E-state index contributed by atoms with van der Waals surface area (Å²) in [6.07, 6.45) is 0.523. The van der Waals surface area contributed by atoms with Crippen LogP contribution in [0.3, 0.4) is 0 Å². The van der Waals surface area contributed by atoms with Crippen molar-refractivity contribution in [2.24, 2.45) is 11.8 Å². The van der Waals surface area contributed by atoms with Crippen LogP contribution in [0.4, 0.5) is 5.13 Å². The molecule has 196 valence electrons. The molecule has 3 atom stereocenters. The predicted octanol–water partition coefficient (Wildman–Crippen LogP) is 5.12. The molecular weight excluding hydrogens is 535 g/mol. The zero-order chi connectivity index (χ0) is 26.3. The van der Waals surface area contributed by atoms with Crippen LogP contribution in [0.1, 0.15) is 51.0 Å². The van der Waals surface area contributed by atoms with Gasteiger partial charge in [-0.2, -0.15) is 0 Å². The highest BCUT2D eigenvalue weighted by atomic mass is 35.5. The van der Waals surface area contributed by atoms with Gasteiger partial charge in [-0.05, 0) is 38.5 Å². The van der Waals surface area contributed by atoms with E-state index in [1.54, 1.807) is 13.8 Å². The Balaban J connectivity index is 1.26. The molecule has 1 aromatic carbocycles. The van der Waals surface area contributed by atoms with Crippen LogP contribution >= 0.6 is 34.5 Å². The van der Waals surface area contributed by atoms with E-state index in [4.69, 9.17) is 37.7 Å². The lowest BCUT2D eigenvalue weighted by molar-refractivity contribution is 0.0530. The number of benzene rings is 1. The number of hydrogen-bond acceptors (Lipinski definition) is 7. The van der Waals surface area contributed by atoms with E-state index in [0.717, 1.165) is 29.5 Å². The maximum atomic E-state index is 12.7. The number of carbonyl (C=O) groups excluding carboxylic acids is 2. The fourth-order valence-corrected chi connectivity index (χ4v) is 6.27. The van der Waals surface area contributed by atoms with E-state index in [0.29, 0.717) is 58.5 Å². The van der Waals surface area contributed by atoms with E-state index in [1.807, 2.05) is 31.2 Å². The van der Waals surface area contributed by atoms with E-state index in [1.165, 1.54) is 11.3 Å². The summed E-state index contributed by atoms with van der Waals surface area (Å²) in [4.78, 5) is 35.9. The van der Waals surface area contributed by atoms with Gasteiger partial charge in [0.05, 0.1) is 29.0 Å². The fourth-order valence-electron chi connectivity index (χ4n) is 4.86. The molecule has 8 nitrogen and oxygen atoms in total. The predicted molar refractivity (Wildman–Crippen MR) is 144 cm³/mol. The number of H-pyrrole nitrogens is 1. The summed E-state index contributed by atoms with van der Waals surface area (Å²) in [6.45, 7) is 7.94. The molecule has 1 saturated heterocycles. The number of nitrogens with one attached hydrogen (secondary N) is 2. The number of aromatic nitrogens is 2. The van der Waals surface area contributed by atoms with E-state index in [9.17, 15) is 9.59 Å². The Morgan fingerprint density at radius 3 is 2.43 bits per heavy atom. The molecule has 2 N–H and O–H groups in total. The minimum absolute atomic E-state index is 0.0787. The number of aromatic amines is 1. The molecule has 0 unspecified atom stereocenters. The molecule has 1 saturated carbocycles. The van der Waals surface area contributed by atoms with Crippen LogP contribution in [0.2, 0.25) is 10.0 Å². The standard InChI is InChI=1S/C26H28Cl2N4O4S/c1-4-35-15-8-6-14(7-9-15)10-18-23(25(34)36-5-2)37-26(30-18)32-11-16-17(12-32)21(16)31-24(33)22-20(28)19(27)13(3)29-22/h6-9,16-17,21,29H,4-5,10-12H2,1-3H3,(H,31,33)/t16-,17+,21+. The lowest BCUT2D eigenvalue weighted by atomic mass is 10.1. The summed E-state index contributed by atoms with van der Waals surface area (Å²) in [6, 6.07) is 7.91. The number of esters is 1. The van der Waals surface area contributed by atoms with Crippen molar-refractivity contribution in [3.05, 3.63) is 61.8 Å². The van der Waals surface area contributed by atoms with Crippen molar-refractivity contribution in [3.63, 3.8) is 0 Å². The average Bonchev–Trinajstić information content (AvgIpc) is 3.22. The smallest absolute Gasteiger partial charge is 0.350 e. The van der Waals surface area contributed by atoms with E-state index >= 15 is 0 Å². The SMILES string of the molecule is CCOC(=O)c1sc(N2C[C@@H]3[C@H](C2)[C@H]3NC(=O)c2[nH]c(C)c(Cl)c2Cl)nc1Cc1ccc(OCC)cc1. The largest absolute Gasteiger partial charge is 0.494 e. The Kier molecular flexibility index (Phi) is 7.38. The maximum absolute atomic E-state index is 12.7. The molecule has 0 radical (unpaired) electrons. The quantitative estimate of drug-likeness (QED) is 0.351. The molecule has 11 heteroatoms. The molecule has 1 aliphatic heterocycles. The third-order valence-electron chi connectivity index (χ3n) is 6.80. The third kappa shape index (κ3) is 5.17. The normalized spacial score (nSPS) is 20.0. The van der Waals surface area contributed by atoms with Crippen LogP contribution in [0.25, 0.3) is 0 Å². The van der Waals surface area contributed by atoms with Crippen molar-refractivity contribution in [2.75, 3.05) is 31.2 Å². The zero-order valence-corrected chi connectivity index (χ0v) is 23.1. The molecule has 2 fully saturated rings. The summed E-state index contributed by atoms with van der Waals surface area (Å²) in [7, 11) is 0. The van der Waals surface area contributed by atoms with Crippen molar-refractivity contribution in [3.8, 4) is 5.75 Å². The van der Waals surface area contributed by atoms with Crippen LogP contribution in [0.5, 0.6) is 5.75 Å². The second-order valence-electron chi connectivity index (χ2n) is 9.23.